The van der Waals surface area contributed by atoms with Crippen molar-refractivity contribution >= 4 is 22.9 Å². The van der Waals surface area contributed by atoms with E-state index in [9.17, 15) is 9.90 Å². The summed E-state index contributed by atoms with van der Waals surface area (Å²) < 4.78 is 0. The summed E-state index contributed by atoms with van der Waals surface area (Å²) in [6.45, 7) is 1.93. The Labute approximate surface area is 79.8 Å². The van der Waals surface area contributed by atoms with Crippen LogP contribution in [0.2, 0.25) is 0 Å². The van der Waals surface area contributed by atoms with Crippen molar-refractivity contribution in [3.8, 4) is 0 Å². The predicted octanol–water partition coefficient (Wildman–Crippen LogP) is 0.830. The average Bonchev–Trinajstić information content (AvgIpc) is 2.42. The monoisotopic (exact) mass is 198 g/mol. The molecule has 70 valence electrons. The van der Waals surface area contributed by atoms with Gasteiger partial charge in [-0.15, -0.1) is 11.3 Å². The third kappa shape index (κ3) is 1.20. The Morgan fingerprint density at radius 1 is 1.69 bits per heavy atom. The molecule has 0 saturated carbocycles. The molecular formula is C8H10N2O2S. The predicted molar refractivity (Wildman–Crippen MR) is 50.8 cm³/mol. The summed E-state index contributed by atoms with van der Waals surface area (Å²) in [6.07, 6.45) is -0.908. The van der Waals surface area contributed by atoms with Crippen LogP contribution in [-0.4, -0.2) is 29.3 Å². The maximum absolute atomic E-state index is 11.6. The second kappa shape index (κ2) is 2.71. The van der Waals surface area contributed by atoms with Crippen molar-refractivity contribution in [2.24, 2.45) is 0 Å². The van der Waals surface area contributed by atoms with E-state index in [-0.39, 0.29) is 5.91 Å². The van der Waals surface area contributed by atoms with Crippen LogP contribution in [0.4, 0.5) is 5.69 Å². The fourth-order valence-electron chi connectivity index (χ4n) is 1.29. The SMILES string of the molecule is Cc1cc2c(s1)C(=O)N(C)C(O)N2. The Morgan fingerprint density at radius 2 is 2.38 bits per heavy atom. The van der Waals surface area contributed by atoms with Crippen LogP contribution in [0.3, 0.4) is 0 Å². The molecule has 1 unspecified atom stereocenters. The van der Waals surface area contributed by atoms with Gasteiger partial charge in [0.2, 0.25) is 6.35 Å². The molecule has 13 heavy (non-hydrogen) atoms. The summed E-state index contributed by atoms with van der Waals surface area (Å²) in [5.74, 6) is -0.126. The number of carbonyl (C=O) groups is 1. The van der Waals surface area contributed by atoms with Crippen molar-refractivity contribution < 1.29 is 9.90 Å². The number of rotatable bonds is 0. The lowest BCUT2D eigenvalue weighted by atomic mass is 10.3. The van der Waals surface area contributed by atoms with E-state index in [1.165, 1.54) is 16.2 Å². The van der Waals surface area contributed by atoms with Gasteiger partial charge in [-0.2, -0.15) is 0 Å². The molecule has 0 spiro atoms. The van der Waals surface area contributed by atoms with Crippen LogP contribution in [0, 0.1) is 6.92 Å². The Morgan fingerprint density at radius 3 is 3.08 bits per heavy atom. The molecule has 2 N–H and O–H groups in total. The molecule has 0 aliphatic carbocycles. The van der Waals surface area contributed by atoms with Crippen molar-refractivity contribution in [2.75, 3.05) is 12.4 Å². The number of carbonyl (C=O) groups excluding carboxylic acids is 1. The van der Waals surface area contributed by atoms with Gasteiger partial charge in [0.25, 0.3) is 5.91 Å². The number of hydrogen-bond acceptors (Lipinski definition) is 4. The fourth-order valence-corrected chi connectivity index (χ4v) is 2.25. The number of nitrogens with one attached hydrogen (secondary N) is 1. The summed E-state index contributed by atoms with van der Waals surface area (Å²) in [5, 5.41) is 12.2. The van der Waals surface area contributed by atoms with E-state index in [1.807, 2.05) is 13.0 Å². The van der Waals surface area contributed by atoms with Gasteiger partial charge in [0.1, 0.15) is 4.88 Å². The van der Waals surface area contributed by atoms with Gasteiger partial charge in [0.15, 0.2) is 0 Å². The molecule has 0 fully saturated rings. The van der Waals surface area contributed by atoms with Crippen LogP contribution in [0.15, 0.2) is 6.07 Å². The normalized spacial score (nSPS) is 21.3. The van der Waals surface area contributed by atoms with Gasteiger partial charge < -0.3 is 10.4 Å². The Balaban J connectivity index is 2.48. The molecule has 1 aliphatic heterocycles. The van der Waals surface area contributed by atoms with Gasteiger partial charge in [-0.3, -0.25) is 9.69 Å². The number of anilines is 1. The maximum atomic E-state index is 11.6. The van der Waals surface area contributed by atoms with E-state index in [0.717, 1.165) is 10.6 Å². The lowest BCUT2D eigenvalue weighted by molar-refractivity contribution is 0.0308. The highest BCUT2D eigenvalue weighted by Gasteiger charge is 2.29. The third-order valence-corrected chi connectivity index (χ3v) is 3.06. The van der Waals surface area contributed by atoms with Crippen LogP contribution < -0.4 is 5.32 Å². The lowest BCUT2D eigenvalue weighted by Crippen LogP contribution is -2.45. The van der Waals surface area contributed by atoms with Gasteiger partial charge in [-0.1, -0.05) is 0 Å². The van der Waals surface area contributed by atoms with E-state index >= 15 is 0 Å². The minimum atomic E-state index is -0.908. The molecule has 2 rings (SSSR count). The van der Waals surface area contributed by atoms with Crippen molar-refractivity contribution in [3.63, 3.8) is 0 Å². The standard InChI is InChI=1S/C8H10N2O2S/c1-4-3-5-6(13-4)7(11)10(2)8(12)9-5/h3,8-9,12H,1-2H3. The summed E-state index contributed by atoms with van der Waals surface area (Å²) >= 11 is 1.44. The van der Waals surface area contributed by atoms with Crippen LogP contribution in [0.25, 0.3) is 0 Å². The molecule has 0 radical (unpaired) electrons. The molecule has 0 bridgehead atoms. The van der Waals surface area contributed by atoms with Gasteiger partial charge in [0.05, 0.1) is 5.69 Å². The van der Waals surface area contributed by atoms with Crippen molar-refractivity contribution in [1.82, 2.24) is 4.90 Å². The average molecular weight is 198 g/mol. The second-order valence-corrected chi connectivity index (χ2v) is 4.29. The first-order chi connectivity index (χ1) is 6.09. The quantitative estimate of drug-likeness (QED) is 0.649. The highest BCUT2D eigenvalue weighted by molar-refractivity contribution is 7.14. The van der Waals surface area contributed by atoms with E-state index in [2.05, 4.69) is 5.32 Å². The largest absolute Gasteiger partial charge is 0.356 e. The van der Waals surface area contributed by atoms with E-state index in [1.54, 1.807) is 7.05 Å². The van der Waals surface area contributed by atoms with Gasteiger partial charge >= 0.3 is 0 Å². The van der Waals surface area contributed by atoms with Crippen molar-refractivity contribution in [1.29, 1.82) is 0 Å². The molecule has 1 aliphatic rings. The van der Waals surface area contributed by atoms with Crippen LogP contribution in [-0.2, 0) is 0 Å². The Hall–Kier alpha value is -1.07. The molecule has 1 aromatic heterocycles. The van der Waals surface area contributed by atoms with E-state index in [4.69, 9.17) is 0 Å². The van der Waals surface area contributed by atoms with Gasteiger partial charge in [-0.25, -0.2) is 0 Å². The van der Waals surface area contributed by atoms with Crippen molar-refractivity contribution in [2.45, 2.75) is 13.3 Å². The van der Waals surface area contributed by atoms with E-state index < -0.39 is 6.35 Å². The van der Waals surface area contributed by atoms with Crippen LogP contribution >= 0.6 is 11.3 Å². The van der Waals surface area contributed by atoms with Gasteiger partial charge in [0, 0.05) is 11.9 Å². The first kappa shape index (κ1) is 8.52. The van der Waals surface area contributed by atoms with Crippen molar-refractivity contribution in [3.05, 3.63) is 15.8 Å². The molecule has 5 heteroatoms. The Kier molecular flexibility index (Phi) is 1.78. The molecular weight excluding hydrogens is 188 g/mol. The molecule has 1 aromatic rings. The molecule has 0 saturated heterocycles. The number of amides is 1. The number of aliphatic hydroxyl groups excluding tert-OH is 1. The molecule has 2 heterocycles. The first-order valence-electron chi connectivity index (χ1n) is 3.92. The molecule has 1 atom stereocenters. The molecule has 1 amide bonds. The number of aryl methyl sites for hydroxylation is 1. The third-order valence-electron chi connectivity index (χ3n) is 2.02. The summed E-state index contributed by atoms with van der Waals surface area (Å²) in [5.41, 5.74) is 0.734. The first-order valence-corrected chi connectivity index (χ1v) is 4.73. The Bertz CT molecular complexity index is 361. The molecule has 0 aromatic carbocycles. The van der Waals surface area contributed by atoms with Crippen LogP contribution in [0.5, 0.6) is 0 Å². The lowest BCUT2D eigenvalue weighted by Gasteiger charge is -2.29. The number of hydrogen-bond donors (Lipinski definition) is 2. The number of nitrogens with zero attached hydrogens (tertiary/aromatic N) is 1. The minimum absolute atomic E-state index is 0.126. The highest BCUT2D eigenvalue weighted by Crippen LogP contribution is 2.31. The van der Waals surface area contributed by atoms with Gasteiger partial charge in [-0.05, 0) is 13.0 Å². The maximum Gasteiger partial charge on any atom is 0.269 e. The smallest absolute Gasteiger partial charge is 0.269 e. The number of thiophene rings is 1. The zero-order valence-corrected chi connectivity index (χ0v) is 8.18. The zero-order valence-electron chi connectivity index (χ0n) is 7.37. The summed E-state index contributed by atoms with van der Waals surface area (Å²) in [7, 11) is 1.57. The second-order valence-electron chi connectivity index (χ2n) is 3.03. The summed E-state index contributed by atoms with van der Waals surface area (Å²) in [4.78, 5) is 14.6. The minimum Gasteiger partial charge on any atom is -0.356 e. The number of fused-ring (bicyclic) bond motifs is 1. The molecule has 4 nitrogen and oxygen atoms in total. The highest BCUT2D eigenvalue weighted by atomic mass is 32.1. The zero-order chi connectivity index (χ0) is 9.59. The fraction of sp³-hybridized carbons (Fsp3) is 0.375. The summed E-state index contributed by atoms with van der Waals surface area (Å²) in [6, 6.07) is 1.87. The topological polar surface area (TPSA) is 52.6 Å². The van der Waals surface area contributed by atoms with Crippen LogP contribution in [0.1, 0.15) is 14.5 Å². The van der Waals surface area contributed by atoms with E-state index in [0.29, 0.717) is 4.88 Å². The number of aliphatic hydroxyl groups is 1.